The number of nitro groups is 1. The average Bonchev–Trinajstić information content (AvgIpc) is 2.45. The van der Waals surface area contributed by atoms with E-state index in [4.69, 9.17) is 0 Å². The molecular weight excluding hydrogens is 270 g/mol. The van der Waals surface area contributed by atoms with Crippen molar-refractivity contribution < 1.29 is 9.72 Å². The highest BCUT2D eigenvalue weighted by Crippen LogP contribution is 2.18. The minimum absolute atomic E-state index is 0.00553. The molecular formula is C15H21N3O3. The lowest BCUT2D eigenvalue weighted by Crippen LogP contribution is -2.17. The lowest BCUT2D eigenvalue weighted by molar-refractivity contribution is -0.385. The first-order chi connectivity index (χ1) is 10.1. The minimum Gasteiger partial charge on any atom is -0.267 e. The van der Waals surface area contributed by atoms with E-state index in [1.165, 1.54) is 31.0 Å². The average molecular weight is 291 g/mol. The zero-order chi connectivity index (χ0) is 15.7. The van der Waals surface area contributed by atoms with Gasteiger partial charge in [0.15, 0.2) is 0 Å². The van der Waals surface area contributed by atoms with Crippen LogP contribution in [0.4, 0.5) is 5.69 Å². The van der Waals surface area contributed by atoms with Gasteiger partial charge < -0.3 is 0 Å². The molecule has 0 atom stereocenters. The summed E-state index contributed by atoms with van der Waals surface area (Å²) in [7, 11) is 0. The summed E-state index contributed by atoms with van der Waals surface area (Å²) in [5, 5.41) is 14.6. The van der Waals surface area contributed by atoms with Gasteiger partial charge in [0.2, 0.25) is 0 Å². The van der Waals surface area contributed by atoms with Crippen molar-refractivity contribution in [1.29, 1.82) is 0 Å². The van der Waals surface area contributed by atoms with E-state index in [0.29, 0.717) is 11.1 Å². The van der Waals surface area contributed by atoms with E-state index in [0.717, 1.165) is 19.3 Å². The fourth-order valence-electron chi connectivity index (χ4n) is 1.90. The molecule has 21 heavy (non-hydrogen) atoms. The Morgan fingerprint density at radius 1 is 1.38 bits per heavy atom. The van der Waals surface area contributed by atoms with E-state index >= 15 is 0 Å². The van der Waals surface area contributed by atoms with Gasteiger partial charge in [-0.15, -0.1) is 0 Å². The van der Waals surface area contributed by atoms with Gasteiger partial charge in [-0.25, -0.2) is 5.43 Å². The van der Waals surface area contributed by atoms with Crippen LogP contribution in [0.1, 0.15) is 54.9 Å². The van der Waals surface area contributed by atoms with Crippen LogP contribution >= 0.6 is 0 Å². The van der Waals surface area contributed by atoms with E-state index in [9.17, 15) is 14.9 Å². The molecule has 1 aromatic carbocycles. The Kier molecular flexibility index (Phi) is 7.08. The maximum Gasteiger partial charge on any atom is 0.272 e. The molecule has 114 valence electrons. The van der Waals surface area contributed by atoms with Crippen LogP contribution in [-0.2, 0) is 0 Å². The molecule has 0 unspecified atom stereocenters. The number of hydrazone groups is 1. The van der Waals surface area contributed by atoms with Gasteiger partial charge in [0, 0.05) is 23.4 Å². The van der Waals surface area contributed by atoms with E-state index in [1.54, 1.807) is 13.1 Å². The monoisotopic (exact) mass is 291 g/mol. The molecule has 6 heteroatoms. The number of amides is 1. The van der Waals surface area contributed by atoms with Crippen LogP contribution in [0.15, 0.2) is 23.3 Å². The Morgan fingerprint density at radius 2 is 2.14 bits per heavy atom. The van der Waals surface area contributed by atoms with Gasteiger partial charge in [0.1, 0.15) is 0 Å². The van der Waals surface area contributed by atoms with Crippen LogP contribution < -0.4 is 5.43 Å². The summed E-state index contributed by atoms with van der Waals surface area (Å²) in [5.41, 5.74) is 3.25. The molecule has 1 rings (SSSR count). The molecule has 0 aromatic heterocycles. The highest BCUT2D eigenvalue weighted by molar-refractivity contribution is 5.94. The molecule has 0 fully saturated rings. The number of hydrogen-bond acceptors (Lipinski definition) is 4. The standard InChI is InChI=1S/C15H21N3O3/c1-3-4-5-6-7-10-16-17-15(19)13-8-9-14(18(20)21)12(2)11-13/h8-11H,3-7H2,1-2H3,(H,17,19). The van der Waals surface area contributed by atoms with Crippen molar-refractivity contribution in [1.82, 2.24) is 5.43 Å². The van der Waals surface area contributed by atoms with E-state index < -0.39 is 4.92 Å². The maximum absolute atomic E-state index is 11.8. The molecule has 6 nitrogen and oxygen atoms in total. The number of carbonyl (C=O) groups is 1. The number of hydrogen-bond donors (Lipinski definition) is 1. The van der Waals surface area contributed by atoms with Crippen molar-refractivity contribution >= 4 is 17.8 Å². The van der Waals surface area contributed by atoms with Crippen LogP contribution in [-0.4, -0.2) is 17.0 Å². The summed E-state index contributed by atoms with van der Waals surface area (Å²) in [6.07, 6.45) is 7.14. The second kappa shape index (κ2) is 8.84. The van der Waals surface area contributed by atoms with Gasteiger partial charge in [-0.3, -0.25) is 14.9 Å². The number of aryl methyl sites for hydroxylation is 1. The normalized spacial score (nSPS) is 10.8. The molecule has 0 saturated heterocycles. The number of nitrogens with zero attached hydrogens (tertiary/aromatic N) is 2. The topological polar surface area (TPSA) is 84.6 Å². The van der Waals surface area contributed by atoms with Gasteiger partial charge in [-0.2, -0.15) is 5.10 Å². The molecule has 0 heterocycles. The van der Waals surface area contributed by atoms with Crippen molar-refractivity contribution in [2.24, 2.45) is 5.10 Å². The summed E-state index contributed by atoms with van der Waals surface area (Å²) in [6.45, 7) is 3.76. The Balaban J connectivity index is 2.47. The van der Waals surface area contributed by atoms with Crippen molar-refractivity contribution in [2.45, 2.75) is 46.0 Å². The Hall–Kier alpha value is -2.24. The van der Waals surface area contributed by atoms with E-state index in [-0.39, 0.29) is 11.6 Å². The van der Waals surface area contributed by atoms with Crippen LogP contribution in [0.5, 0.6) is 0 Å². The molecule has 0 radical (unpaired) electrons. The second-order valence-electron chi connectivity index (χ2n) is 4.86. The fraction of sp³-hybridized carbons (Fsp3) is 0.467. The van der Waals surface area contributed by atoms with Gasteiger partial charge >= 0.3 is 0 Å². The zero-order valence-corrected chi connectivity index (χ0v) is 12.5. The Labute approximate surface area is 124 Å². The highest BCUT2D eigenvalue weighted by atomic mass is 16.6. The molecule has 0 bridgehead atoms. The first-order valence-corrected chi connectivity index (χ1v) is 7.13. The number of benzene rings is 1. The number of unbranched alkanes of at least 4 members (excludes halogenated alkanes) is 4. The molecule has 0 saturated carbocycles. The van der Waals surface area contributed by atoms with Crippen LogP contribution in [0.25, 0.3) is 0 Å². The quantitative estimate of drug-likeness (QED) is 0.344. The minimum atomic E-state index is -0.467. The smallest absolute Gasteiger partial charge is 0.267 e. The zero-order valence-electron chi connectivity index (χ0n) is 12.5. The predicted molar refractivity (Wildman–Crippen MR) is 82.6 cm³/mol. The number of nitro benzene ring substituents is 1. The fourth-order valence-corrected chi connectivity index (χ4v) is 1.90. The van der Waals surface area contributed by atoms with Gasteiger partial charge in [-0.05, 0) is 31.9 Å². The van der Waals surface area contributed by atoms with Gasteiger partial charge in [-0.1, -0.05) is 26.2 Å². The molecule has 1 amide bonds. The summed E-state index contributed by atoms with van der Waals surface area (Å²) >= 11 is 0. The largest absolute Gasteiger partial charge is 0.272 e. The lowest BCUT2D eigenvalue weighted by atomic mass is 10.1. The lowest BCUT2D eigenvalue weighted by Gasteiger charge is -2.02. The van der Waals surface area contributed by atoms with Crippen molar-refractivity contribution in [3.05, 3.63) is 39.4 Å². The number of nitrogens with one attached hydrogen (secondary N) is 1. The highest BCUT2D eigenvalue weighted by Gasteiger charge is 2.13. The predicted octanol–water partition coefficient (Wildman–Crippen LogP) is 3.59. The van der Waals surface area contributed by atoms with Crippen LogP contribution in [0.3, 0.4) is 0 Å². The molecule has 0 spiro atoms. The van der Waals surface area contributed by atoms with Gasteiger partial charge in [0.25, 0.3) is 11.6 Å². The SMILES string of the molecule is CCCCCCC=NNC(=O)c1ccc([N+](=O)[O-])c(C)c1. The first-order valence-electron chi connectivity index (χ1n) is 7.13. The third-order valence-corrected chi connectivity index (χ3v) is 3.10. The van der Waals surface area contributed by atoms with Crippen molar-refractivity contribution in [3.63, 3.8) is 0 Å². The third-order valence-electron chi connectivity index (χ3n) is 3.10. The van der Waals surface area contributed by atoms with Crippen LogP contribution in [0.2, 0.25) is 0 Å². The van der Waals surface area contributed by atoms with Gasteiger partial charge in [0.05, 0.1) is 4.92 Å². The number of carbonyl (C=O) groups excluding carboxylic acids is 1. The molecule has 0 aliphatic heterocycles. The molecule has 1 N–H and O–H groups in total. The summed E-state index contributed by atoms with van der Waals surface area (Å²) in [6, 6.07) is 4.25. The van der Waals surface area contributed by atoms with Crippen LogP contribution in [0, 0.1) is 17.0 Å². The molecule has 1 aromatic rings. The molecule has 0 aliphatic rings. The Bertz CT molecular complexity index is 527. The summed E-state index contributed by atoms with van der Waals surface area (Å²) in [5.74, 6) is -0.363. The van der Waals surface area contributed by atoms with E-state index in [1.807, 2.05) is 0 Å². The third kappa shape index (κ3) is 5.72. The maximum atomic E-state index is 11.8. The van der Waals surface area contributed by atoms with Crippen molar-refractivity contribution in [3.8, 4) is 0 Å². The Morgan fingerprint density at radius 3 is 2.76 bits per heavy atom. The second-order valence-corrected chi connectivity index (χ2v) is 4.86. The van der Waals surface area contributed by atoms with E-state index in [2.05, 4.69) is 17.5 Å². The molecule has 0 aliphatic carbocycles. The summed E-state index contributed by atoms with van der Waals surface area (Å²) in [4.78, 5) is 22.1. The number of rotatable bonds is 8. The summed E-state index contributed by atoms with van der Waals surface area (Å²) < 4.78 is 0. The van der Waals surface area contributed by atoms with Crippen molar-refractivity contribution in [2.75, 3.05) is 0 Å². The first kappa shape index (κ1) is 16.8.